The summed E-state index contributed by atoms with van der Waals surface area (Å²) in [7, 11) is 0. The van der Waals surface area contributed by atoms with E-state index >= 15 is 0 Å². The molecule has 0 aliphatic carbocycles. The lowest BCUT2D eigenvalue weighted by Crippen LogP contribution is -2.21. The van der Waals surface area contributed by atoms with Crippen LogP contribution in [0, 0.1) is 0 Å². The molecule has 2 nitrogen and oxygen atoms in total. The van der Waals surface area contributed by atoms with Gasteiger partial charge in [-0.2, -0.15) is 0 Å². The predicted octanol–water partition coefficient (Wildman–Crippen LogP) is 3.03. The number of rotatable bonds is 2. The van der Waals surface area contributed by atoms with Crippen molar-refractivity contribution in [1.82, 2.24) is 0 Å². The van der Waals surface area contributed by atoms with E-state index in [0.29, 0.717) is 6.10 Å². The quantitative estimate of drug-likeness (QED) is 0.786. The highest BCUT2D eigenvalue weighted by Gasteiger charge is 2.15. The molecule has 1 atom stereocenters. The van der Waals surface area contributed by atoms with Crippen molar-refractivity contribution in [1.29, 1.82) is 0 Å². The van der Waals surface area contributed by atoms with E-state index in [4.69, 9.17) is 22.1 Å². The van der Waals surface area contributed by atoms with Crippen LogP contribution in [0.3, 0.4) is 0 Å². The molecule has 1 aliphatic heterocycles. The first-order valence-electron chi connectivity index (χ1n) is 5.41. The van der Waals surface area contributed by atoms with E-state index in [-0.39, 0.29) is 0 Å². The zero-order valence-electron chi connectivity index (χ0n) is 8.71. The first-order chi connectivity index (χ1) is 7.25. The highest BCUT2D eigenvalue weighted by Crippen LogP contribution is 2.23. The highest BCUT2D eigenvalue weighted by molar-refractivity contribution is 6.30. The zero-order chi connectivity index (χ0) is 10.7. The standard InChI is InChI=1S/C12H16ClNO/c13-10-4-5-12(14)9(7-10)8-11-3-1-2-6-15-11/h4-5,7,11H,1-3,6,8,14H2. The van der Waals surface area contributed by atoms with E-state index in [1.54, 1.807) is 0 Å². The summed E-state index contributed by atoms with van der Waals surface area (Å²) in [5, 5.41) is 0.745. The second-order valence-electron chi connectivity index (χ2n) is 4.04. The molecule has 1 aliphatic rings. The van der Waals surface area contributed by atoms with Gasteiger partial charge in [0.15, 0.2) is 0 Å². The van der Waals surface area contributed by atoms with Gasteiger partial charge in [0.05, 0.1) is 6.10 Å². The molecule has 0 radical (unpaired) electrons. The molecule has 1 heterocycles. The Labute approximate surface area is 95.4 Å². The van der Waals surface area contributed by atoms with E-state index in [2.05, 4.69) is 0 Å². The Balaban J connectivity index is 2.05. The molecule has 1 saturated heterocycles. The minimum Gasteiger partial charge on any atom is -0.399 e. The van der Waals surface area contributed by atoms with Gasteiger partial charge in [-0.1, -0.05) is 11.6 Å². The van der Waals surface area contributed by atoms with Crippen molar-refractivity contribution in [2.24, 2.45) is 0 Å². The Morgan fingerprint density at radius 3 is 3.00 bits per heavy atom. The molecule has 1 fully saturated rings. The third-order valence-electron chi connectivity index (χ3n) is 2.83. The van der Waals surface area contributed by atoms with Crippen LogP contribution in [-0.4, -0.2) is 12.7 Å². The lowest BCUT2D eigenvalue weighted by Gasteiger charge is -2.23. The summed E-state index contributed by atoms with van der Waals surface area (Å²) < 4.78 is 5.68. The average molecular weight is 226 g/mol. The van der Waals surface area contributed by atoms with Gasteiger partial charge in [-0.3, -0.25) is 0 Å². The third-order valence-corrected chi connectivity index (χ3v) is 3.06. The predicted molar refractivity (Wildman–Crippen MR) is 63.2 cm³/mol. The molecule has 1 aromatic rings. The Morgan fingerprint density at radius 2 is 2.27 bits per heavy atom. The van der Waals surface area contributed by atoms with Crippen molar-refractivity contribution in [3.63, 3.8) is 0 Å². The van der Waals surface area contributed by atoms with Gasteiger partial charge >= 0.3 is 0 Å². The molecular formula is C12H16ClNO. The summed E-state index contributed by atoms with van der Waals surface area (Å²) in [6.45, 7) is 0.880. The molecule has 1 unspecified atom stereocenters. The molecule has 0 spiro atoms. The molecule has 0 aromatic heterocycles. The Hall–Kier alpha value is -0.730. The number of nitrogen functional groups attached to an aromatic ring is 1. The van der Waals surface area contributed by atoms with Gasteiger partial charge in [0, 0.05) is 23.7 Å². The van der Waals surface area contributed by atoms with Crippen molar-refractivity contribution in [3.05, 3.63) is 28.8 Å². The van der Waals surface area contributed by atoms with Gasteiger partial charge in [0.2, 0.25) is 0 Å². The lowest BCUT2D eigenvalue weighted by molar-refractivity contribution is 0.0169. The minimum absolute atomic E-state index is 0.319. The molecule has 3 heteroatoms. The summed E-state index contributed by atoms with van der Waals surface area (Å²) in [6, 6.07) is 5.62. The Kier molecular flexibility index (Phi) is 3.49. The van der Waals surface area contributed by atoms with Gasteiger partial charge in [0.1, 0.15) is 0 Å². The third kappa shape index (κ3) is 2.86. The molecule has 1 aromatic carbocycles. The first-order valence-corrected chi connectivity index (χ1v) is 5.79. The van der Waals surface area contributed by atoms with E-state index < -0.39 is 0 Å². The lowest BCUT2D eigenvalue weighted by atomic mass is 10.0. The summed E-state index contributed by atoms with van der Waals surface area (Å²) in [5.41, 5.74) is 7.81. The fraction of sp³-hybridized carbons (Fsp3) is 0.500. The molecule has 2 N–H and O–H groups in total. The monoisotopic (exact) mass is 225 g/mol. The van der Waals surface area contributed by atoms with E-state index in [1.165, 1.54) is 12.8 Å². The first kappa shape index (κ1) is 10.8. The van der Waals surface area contributed by atoms with Crippen molar-refractivity contribution in [2.45, 2.75) is 31.8 Å². The van der Waals surface area contributed by atoms with Crippen molar-refractivity contribution >= 4 is 17.3 Å². The summed E-state index contributed by atoms with van der Waals surface area (Å²) in [5.74, 6) is 0. The van der Waals surface area contributed by atoms with Crippen LogP contribution in [0.5, 0.6) is 0 Å². The number of hydrogen-bond donors (Lipinski definition) is 1. The maximum atomic E-state index is 5.94. The summed E-state index contributed by atoms with van der Waals surface area (Å²) >= 11 is 5.94. The topological polar surface area (TPSA) is 35.2 Å². The molecule has 82 valence electrons. The number of anilines is 1. The van der Waals surface area contributed by atoms with E-state index in [9.17, 15) is 0 Å². The molecular weight excluding hydrogens is 210 g/mol. The van der Waals surface area contributed by atoms with Crippen LogP contribution in [0.25, 0.3) is 0 Å². The van der Waals surface area contributed by atoms with Gasteiger partial charge in [-0.05, 0) is 43.0 Å². The van der Waals surface area contributed by atoms with Gasteiger partial charge in [0.25, 0.3) is 0 Å². The van der Waals surface area contributed by atoms with Crippen molar-refractivity contribution < 1.29 is 4.74 Å². The van der Waals surface area contributed by atoms with Crippen LogP contribution in [0.15, 0.2) is 18.2 Å². The fourth-order valence-electron chi connectivity index (χ4n) is 1.96. The van der Waals surface area contributed by atoms with Gasteiger partial charge in [-0.25, -0.2) is 0 Å². The molecule has 15 heavy (non-hydrogen) atoms. The second kappa shape index (κ2) is 4.86. The van der Waals surface area contributed by atoms with Crippen molar-refractivity contribution in [3.8, 4) is 0 Å². The number of hydrogen-bond acceptors (Lipinski definition) is 2. The summed E-state index contributed by atoms with van der Waals surface area (Å²) in [6.07, 6.45) is 4.77. The maximum absolute atomic E-state index is 5.94. The number of ether oxygens (including phenoxy) is 1. The maximum Gasteiger partial charge on any atom is 0.0616 e. The van der Waals surface area contributed by atoms with Crippen LogP contribution in [0.2, 0.25) is 5.02 Å². The number of halogens is 1. The van der Waals surface area contributed by atoms with Gasteiger partial charge in [-0.15, -0.1) is 0 Å². The summed E-state index contributed by atoms with van der Waals surface area (Å²) in [4.78, 5) is 0. The normalized spacial score (nSPS) is 21.5. The van der Waals surface area contributed by atoms with Crippen LogP contribution >= 0.6 is 11.6 Å². The van der Waals surface area contributed by atoms with Crippen molar-refractivity contribution in [2.75, 3.05) is 12.3 Å². The number of nitrogens with two attached hydrogens (primary N) is 1. The second-order valence-corrected chi connectivity index (χ2v) is 4.47. The van der Waals surface area contributed by atoms with Crippen LogP contribution < -0.4 is 5.73 Å². The fourth-order valence-corrected chi connectivity index (χ4v) is 2.16. The Bertz CT molecular complexity index is 334. The van der Waals surface area contributed by atoms with Gasteiger partial charge < -0.3 is 10.5 Å². The van der Waals surface area contributed by atoms with E-state index in [0.717, 1.165) is 35.7 Å². The Morgan fingerprint density at radius 1 is 1.40 bits per heavy atom. The zero-order valence-corrected chi connectivity index (χ0v) is 9.46. The molecule has 0 bridgehead atoms. The average Bonchev–Trinajstić information content (AvgIpc) is 2.25. The van der Waals surface area contributed by atoms with Crippen LogP contribution in [0.4, 0.5) is 5.69 Å². The van der Waals surface area contributed by atoms with Crippen LogP contribution in [0.1, 0.15) is 24.8 Å². The number of benzene rings is 1. The highest BCUT2D eigenvalue weighted by atomic mass is 35.5. The molecule has 0 amide bonds. The smallest absolute Gasteiger partial charge is 0.0616 e. The largest absolute Gasteiger partial charge is 0.399 e. The van der Waals surface area contributed by atoms with E-state index in [1.807, 2.05) is 18.2 Å². The van der Waals surface area contributed by atoms with Crippen LogP contribution in [-0.2, 0) is 11.2 Å². The molecule has 0 saturated carbocycles. The minimum atomic E-state index is 0.319. The molecule has 2 rings (SSSR count). The SMILES string of the molecule is Nc1ccc(Cl)cc1CC1CCCCO1.